The van der Waals surface area contributed by atoms with Gasteiger partial charge in [0.25, 0.3) is 11.5 Å². The van der Waals surface area contributed by atoms with E-state index < -0.39 is 0 Å². The number of nitrogens with two attached hydrogens (primary N) is 1. The normalized spacial score (nSPS) is 13.5. The molecule has 0 bridgehead atoms. The zero-order chi connectivity index (χ0) is 17.3. The molecule has 1 heterocycles. The van der Waals surface area contributed by atoms with E-state index in [2.05, 4.69) is 17.2 Å². The summed E-state index contributed by atoms with van der Waals surface area (Å²) in [6, 6.07) is 7.45. The maximum Gasteiger partial charge on any atom is 0.293 e. The molecule has 1 aliphatic rings. The second-order valence-corrected chi connectivity index (χ2v) is 5.80. The summed E-state index contributed by atoms with van der Waals surface area (Å²) >= 11 is 0. The fourth-order valence-electron chi connectivity index (χ4n) is 2.60. The van der Waals surface area contributed by atoms with Crippen LogP contribution in [0.25, 0.3) is 10.9 Å². The number of rotatable bonds is 6. The minimum Gasteiger partial charge on any atom is -0.478 e. The van der Waals surface area contributed by atoms with Gasteiger partial charge in [0.05, 0.1) is 11.3 Å². The first-order valence-corrected chi connectivity index (χ1v) is 7.73. The number of pyridine rings is 1. The van der Waals surface area contributed by atoms with Crippen LogP contribution in [0.1, 0.15) is 18.9 Å². The highest BCUT2D eigenvalue weighted by Crippen LogP contribution is 2.37. The van der Waals surface area contributed by atoms with Crippen LogP contribution in [0.3, 0.4) is 0 Å². The highest BCUT2D eigenvalue weighted by molar-refractivity contribution is 5.84. The third kappa shape index (κ3) is 3.19. The van der Waals surface area contributed by atoms with Crippen LogP contribution in [-0.2, 0) is 4.79 Å². The predicted octanol–water partition coefficient (Wildman–Crippen LogP) is 1.30. The average molecular weight is 328 g/mol. The average Bonchev–Trinajstić information content (AvgIpc) is 3.36. The lowest BCUT2D eigenvalue weighted by Crippen LogP contribution is -2.28. The van der Waals surface area contributed by atoms with Crippen LogP contribution in [0, 0.1) is 0 Å². The van der Waals surface area contributed by atoms with E-state index in [-0.39, 0.29) is 29.9 Å². The summed E-state index contributed by atoms with van der Waals surface area (Å²) in [6.07, 6.45) is 1.93. The molecule has 0 spiro atoms. The van der Waals surface area contributed by atoms with E-state index in [1.54, 1.807) is 10.6 Å². The molecule has 0 atom stereocenters. The molecule has 0 radical (unpaired) electrons. The van der Waals surface area contributed by atoms with Crippen LogP contribution >= 0.6 is 0 Å². The van der Waals surface area contributed by atoms with Crippen molar-refractivity contribution in [3.63, 3.8) is 0 Å². The molecule has 3 rings (SSSR count). The fraction of sp³-hybridized carbons (Fsp3) is 0.294. The third-order valence-electron chi connectivity index (χ3n) is 3.86. The lowest BCUT2D eigenvalue weighted by molar-refractivity contribution is -0.122. The summed E-state index contributed by atoms with van der Waals surface area (Å²) in [5.41, 5.74) is 6.97. The van der Waals surface area contributed by atoms with Crippen LogP contribution in [-0.4, -0.2) is 24.1 Å². The van der Waals surface area contributed by atoms with Gasteiger partial charge in [-0.15, -0.1) is 0 Å². The smallest absolute Gasteiger partial charge is 0.293 e. The van der Waals surface area contributed by atoms with Crippen LogP contribution < -0.4 is 26.7 Å². The van der Waals surface area contributed by atoms with Crippen LogP contribution in [0.15, 0.2) is 41.5 Å². The van der Waals surface area contributed by atoms with E-state index >= 15 is 0 Å². The molecular weight excluding hydrogens is 308 g/mol. The number of benzene rings is 1. The predicted molar refractivity (Wildman–Crippen MR) is 93.0 cm³/mol. The molecule has 24 heavy (non-hydrogen) atoms. The summed E-state index contributed by atoms with van der Waals surface area (Å²) in [5, 5.41) is 6.24. The molecule has 7 nitrogen and oxygen atoms in total. The standard InChI is InChI=1S/C17H20N4O3/c1-10(18)20-12-3-6-14-11(7-12)8-15(24-9-16(22)19-2)17(23)21(14)13-4-5-13/h3,6-8,13,20H,1,4-5,9,18H2,2H3,(H,19,22). The van der Waals surface area contributed by atoms with Gasteiger partial charge in [0.1, 0.15) is 0 Å². The molecule has 1 saturated carbocycles. The Morgan fingerprint density at radius 2 is 2.17 bits per heavy atom. The largest absolute Gasteiger partial charge is 0.478 e. The molecule has 7 heteroatoms. The fourth-order valence-corrected chi connectivity index (χ4v) is 2.60. The third-order valence-corrected chi connectivity index (χ3v) is 3.86. The van der Waals surface area contributed by atoms with Crippen molar-refractivity contribution in [1.29, 1.82) is 0 Å². The Hall–Kier alpha value is -2.96. The highest BCUT2D eigenvalue weighted by Gasteiger charge is 2.27. The highest BCUT2D eigenvalue weighted by atomic mass is 16.5. The molecule has 0 unspecified atom stereocenters. The molecule has 0 saturated heterocycles. The van der Waals surface area contributed by atoms with E-state index in [1.165, 1.54) is 7.05 Å². The second-order valence-electron chi connectivity index (χ2n) is 5.80. The quantitative estimate of drug-likeness (QED) is 0.742. The van der Waals surface area contributed by atoms with Gasteiger partial charge in [-0.1, -0.05) is 6.58 Å². The Morgan fingerprint density at radius 1 is 1.42 bits per heavy atom. The van der Waals surface area contributed by atoms with Gasteiger partial charge in [-0.05, 0) is 37.1 Å². The number of carbonyl (C=O) groups is 1. The first-order valence-electron chi connectivity index (χ1n) is 7.73. The van der Waals surface area contributed by atoms with Gasteiger partial charge < -0.3 is 25.7 Å². The van der Waals surface area contributed by atoms with E-state index in [0.29, 0.717) is 5.82 Å². The Morgan fingerprint density at radius 3 is 2.79 bits per heavy atom. The van der Waals surface area contributed by atoms with Gasteiger partial charge in [-0.2, -0.15) is 0 Å². The first-order chi connectivity index (χ1) is 11.5. The minimum atomic E-state index is -0.290. The lowest BCUT2D eigenvalue weighted by Gasteiger charge is -2.14. The molecule has 1 aromatic heterocycles. The van der Waals surface area contributed by atoms with E-state index in [0.717, 1.165) is 29.4 Å². The number of carbonyl (C=O) groups excluding carboxylic acids is 1. The van der Waals surface area contributed by atoms with Crippen molar-refractivity contribution in [2.24, 2.45) is 5.73 Å². The van der Waals surface area contributed by atoms with Gasteiger partial charge in [0, 0.05) is 24.2 Å². The summed E-state index contributed by atoms with van der Waals surface area (Å²) in [7, 11) is 1.52. The Balaban J connectivity index is 2.06. The van der Waals surface area contributed by atoms with Crippen LogP contribution in [0.2, 0.25) is 0 Å². The SMILES string of the molecule is C=C(N)Nc1ccc2c(c1)cc(OCC(=O)NC)c(=O)n2C1CC1. The number of fused-ring (bicyclic) bond motifs is 1. The van der Waals surface area contributed by atoms with Crippen molar-refractivity contribution in [2.75, 3.05) is 19.0 Å². The molecule has 4 N–H and O–H groups in total. The number of amides is 1. The summed E-state index contributed by atoms with van der Waals surface area (Å²) in [5.74, 6) is 0.213. The summed E-state index contributed by atoms with van der Waals surface area (Å²) in [6.45, 7) is 3.42. The molecular formula is C17H20N4O3. The summed E-state index contributed by atoms with van der Waals surface area (Å²) < 4.78 is 7.17. The minimum absolute atomic E-state index is 0.168. The zero-order valence-corrected chi connectivity index (χ0v) is 13.5. The van der Waals surface area contributed by atoms with E-state index in [1.807, 2.05) is 18.2 Å². The molecule has 1 aliphatic carbocycles. The number of hydrogen-bond donors (Lipinski definition) is 3. The van der Waals surface area contributed by atoms with Gasteiger partial charge in [0.2, 0.25) is 0 Å². The number of nitrogens with zero attached hydrogens (tertiary/aromatic N) is 1. The molecule has 1 amide bonds. The number of likely N-dealkylation sites (N-methyl/N-ethyl adjacent to an activating group) is 1. The zero-order valence-electron chi connectivity index (χ0n) is 13.5. The molecule has 1 aromatic carbocycles. The van der Waals surface area contributed by atoms with Gasteiger partial charge >= 0.3 is 0 Å². The Kier molecular flexibility index (Phi) is 4.16. The monoisotopic (exact) mass is 328 g/mol. The molecule has 126 valence electrons. The second kappa shape index (κ2) is 6.27. The number of hydrogen-bond acceptors (Lipinski definition) is 5. The van der Waals surface area contributed by atoms with E-state index in [4.69, 9.17) is 10.5 Å². The van der Waals surface area contributed by atoms with E-state index in [9.17, 15) is 9.59 Å². The molecule has 2 aromatic rings. The van der Waals surface area contributed by atoms with Crippen molar-refractivity contribution >= 4 is 22.5 Å². The van der Waals surface area contributed by atoms with Crippen LogP contribution in [0.4, 0.5) is 5.69 Å². The molecule has 1 fully saturated rings. The Bertz CT molecular complexity index is 868. The number of anilines is 1. The van der Waals surface area contributed by atoms with Crippen molar-refractivity contribution < 1.29 is 9.53 Å². The number of aromatic nitrogens is 1. The van der Waals surface area contributed by atoms with Gasteiger partial charge in [0.15, 0.2) is 12.4 Å². The van der Waals surface area contributed by atoms with Crippen molar-refractivity contribution in [3.8, 4) is 5.75 Å². The van der Waals surface area contributed by atoms with Crippen molar-refractivity contribution in [2.45, 2.75) is 18.9 Å². The topological polar surface area (TPSA) is 98.4 Å². The number of ether oxygens (including phenoxy) is 1. The van der Waals surface area contributed by atoms with Gasteiger partial charge in [-0.25, -0.2) is 0 Å². The summed E-state index contributed by atoms with van der Waals surface area (Å²) in [4.78, 5) is 24.1. The molecule has 0 aliphatic heterocycles. The first kappa shape index (κ1) is 15.9. The Labute approximate surface area is 139 Å². The van der Waals surface area contributed by atoms with Crippen LogP contribution in [0.5, 0.6) is 5.75 Å². The van der Waals surface area contributed by atoms with Crippen molar-refractivity contribution in [1.82, 2.24) is 9.88 Å². The lowest BCUT2D eigenvalue weighted by atomic mass is 10.1. The van der Waals surface area contributed by atoms with Gasteiger partial charge in [-0.3, -0.25) is 9.59 Å². The maximum absolute atomic E-state index is 12.7. The van der Waals surface area contributed by atoms with Crippen molar-refractivity contribution in [3.05, 3.63) is 47.0 Å². The number of nitrogens with one attached hydrogen (secondary N) is 2. The maximum atomic E-state index is 12.7.